The van der Waals surface area contributed by atoms with Crippen molar-refractivity contribution in [3.63, 3.8) is 0 Å². The maximum Gasteiger partial charge on any atom is 0.239 e. The number of aldehydes is 1. The lowest BCUT2D eigenvalue weighted by molar-refractivity contribution is -0.133. The molecule has 0 saturated carbocycles. The number of H-pyrrole nitrogens is 1. The van der Waals surface area contributed by atoms with Crippen LogP contribution in [0.4, 0.5) is 4.39 Å². The van der Waals surface area contributed by atoms with Gasteiger partial charge >= 0.3 is 0 Å². The van der Waals surface area contributed by atoms with E-state index in [4.69, 9.17) is 0 Å². The van der Waals surface area contributed by atoms with Crippen LogP contribution in [-0.4, -0.2) is 67.6 Å². The maximum atomic E-state index is 13.1. The first-order valence-electron chi connectivity index (χ1n) is 10.4. The second-order valence-corrected chi connectivity index (χ2v) is 8.21. The van der Waals surface area contributed by atoms with E-state index in [-0.39, 0.29) is 23.0 Å². The number of imidazole rings is 1. The van der Waals surface area contributed by atoms with E-state index in [2.05, 4.69) is 30.5 Å². The van der Waals surface area contributed by atoms with Gasteiger partial charge < -0.3 is 5.32 Å². The zero-order valence-electron chi connectivity index (χ0n) is 18.5. The number of rotatable bonds is 3. The second-order valence-electron chi connectivity index (χ2n) is 8.21. The fourth-order valence-electron chi connectivity index (χ4n) is 3.42. The lowest BCUT2D eigenvalue weighted by Crippen LogP contribution is -2.60. The predicted molar refractivity (Wildman–Crippen MR) is 121 cm³/mol. The van der Waals surface area contributed by atoms with Crippen LogP contribution < -0.4 is 5.32 Å². The van der Waals surface area contributed by atoms with Gasteiger partial charge in [0.05, 0.1) is 23.1 Å². The van der Waals surface area contributed by atoms with Crippen molar-refractivity contribution in [1.82, 2.24) is 35.0 Å². The zero-order chi connectivity index (χ0) is 23.6. The van der Waals surface area contributed by atoms with Crippen LogP contribution in [0.2, 0.25) is 0 Å². The molecule has 170 valence electrons. The molecule has 0 unspecified atom stereocenters. The summed E-state index contributed by atoms with van der Waals surface area (Å²) in [6, 6.07) is 9.69. The number of fused-ring (bicyclic) bond motifs is 1. The van der Waals surface area contributed by atoms with Gasteiger partial charge in [-0.15, -0.1) is 0 Å². The number of amides is 1. The van der Waals surface area contributed by atoms with Gasteiger partial charge in [0.1, 0.15) is 11.5 Å². The number of aromatic nitrogens is 5. The first-order valence-corrected chi connectivity index (χ1v) is 10.4. The Hall–Kier alpha value is -3.92. The summed E-state index contributed by atoms with van der Waals surface area (Å²) >= 11 is 0. The van der Waals surface area contributed by atoms with E-state index < -0.39 is 0 Å². The third-order valence-corrected chi connectivity index (χ3v) is 5.74. The topological polar surface area (TPSA) is 108 Å². The average molecular weight is 449 g/mol. The zero-order valence-corrected chi connectivity index (χ0v) is 18.5. The van der Waals surface area contributed by atoms with Crippen molar-refractivity contribution >= 4 is 17.8 Å². The molecule has 0 aliphatic carbocycles. The molecule has 1 aliphatic rings. The minimum absolute atomic E-state index is 0.126. The molecule has 4 heterocycles. The number of nitrogens with zero attached hydrogens (tertiary/aromatic N) is 5. The Bertz CT molecular complexity index is 1280. The first kappa shape index (κ1) is 22.3. The van der Waals surface area contributed by atoms with Gasteiger partial charge in [-0.3, -0.25) is 19.6 Å². The Morgan fingerprint density at radius 2 is 1.94 bits per heavy atom. The van der Waals surface area contributed by atoms with Crippen molar-refractivity contribution in [3.05, 3.63) is 60.3 Å². The summed E-state index contributed by atoms with van der Waals surface area (Å²) in [5.74, 6) is -0.184. The monoisotopic (exact) mass is 449 g/mol. The summed E-state index contributed by atoms with van der Waals surface area (Å²) in [5, 5.41) is 14.1. The fourth-order valence-corrected chi connectivity index (χ4v) is 3.42. The molecule has 0 atom stereocenters. The minimum Gasteiger partial charge on any atom is -0.353 e. The minimum atomic E-state index is -0.321. The molecule has 0 bridgehead atoms. The van der Waals surface area contributed by atoms with E-state index in [1.54, 1.807) is 35.1 Å². The SMILES string of the molecule is CN1CCNC(=O)C1(C)C.O=Cc1cn2nc(-c3ccc(F)cc3)cc(-c3ccn[nH]3)c2n1. The van der Waals surface area contributed by atoms with Crippen molar-refractivity contribution in [2.45, 2.75) is 19.4 Å². The second kappa shape index (κ2) is 8.91. The van der Waals surface area contributed by atoms with E-state index in [1.165, 1.54) is 12.1 Å². The standard InChI is InChI=1S/C16H10FN5O.C7H14N2O/c17-11-3-1-10(2-4-11)15-7-13(14-5-6-18-20-14)16-19-12(9-23)8-22(16)21-15;1-7(2)6(10)8-4-5-9(7)3/h1-9H,(H,18,20);4-5H2,1-3H3,(H,8,10). The highest BCUT2D eigenvalue weighted by atomic mass is 19.1. The highest BCUT2D eigenvalue weighted by Gasteiger charge is 2.34. The van der Waals surface area contributed by atoms with Crippen molar-refractivity contribution in [2.75, 3.05) is 20.1 Å². The normalized spacial score (nSPS) is 15.6. The first-order chi connectivity index (χ1) is 15.8. The van der Waals surface area contributed by atoms with Crippen LogP contribution in [0, 0.1) is 5.82 Å². The lowest BCUT2D eigenvalue weighted by atomic mass is 10.0. The molecule has 2 N–H and O–H groups in total. The Morgan fingerprint density at radius 3 is 2.55 bits per heavy atom. The molecule has 1 amide bonds. The highest BCUT2D eigenvalue weighted by molar-refractivity contribution is 5.86. The molecule has 0 radical (unpaired) electrons. The van der Waals surface area contributed by atoms with Crippen LogP contribution in [0.25, 0.3) is 28.2 Å². The van der Waals surface area contributed by atoms with E-state index in [1.807, 2.05) is 27.0 Å². The molecule has 10 heteroatoms. The molecule has 1 saturated heterocycles. The number of aromatic amines is 1. The summed E-state index contributed by atoms with van der Waals surface area (Å²) in [6.07, 6.45) is 3.85. The third-order valence-electron chi connectivity index (χ3n) is 5.74. The number of hydrogen-bond acceptors (Lipinski definition) is 6. The lowest BCUT2D eigenvalue weighted by Gasteiger charge is -2.38. The van der Waals surface area contributed by atoms with Crippen molar-refractivity contribution in [3.8, 4) is 22.5 Å². The number of carbonyl (C=O) groups excluding carboxylic acids is 2. The van der Waals surface area contributed by atoms with Crippen LogP contribution in [0.3, 0.4) is 0 Å². The molecule has 3 aromatic heterocycles. The van der Waals surface area contributed by atoms with Gasteiger partial charge in [-0.1, -0.05) is 0 Å². The van der Waals surface area contributed by atoms with Crippen LogP contribution in [0.1, 0.15) is 24.3 Å². The average Bonchev–Trinajstić information content (AvgIpc) is 3.48. The van der Waals surface area contributed by atoms with Crippen molar-refractivity contribution in [1.29, 1.82) is 0 Å². The third kappa shape index (κ3) is 4.51. The molecule has 1 aliphatic heterocycles. The molecule has 1 fully saturated rings. The summed E-state index contributed by atoms with van der Waals surface area (Å²) in [6.45, 7) is 5.58. The molecular weight excluding hydrogens is 425 g/mol. The van der Waals surface area contributed by atoms with Crippen LogP contribution in [-0.2, 0) is 4.79 Å². The maximum absolute atomic E-state index is 13.1. The number of halogens is 1. The summed E-state index contributed by atoms with van der Waals surface area (Å²) in [4.78, 5) is 28.5. The van der Waals surface area contributed by atoms with E-state index >= 15 is 0 Å². The van der Waals surface area contributed by atoms with E-state index in [0.717, 1.165) is 29.9 Å². The van der Waals surface area contributed by atoms with Gasteiger partial charge in [0.15, 0.2) is 11.9 Å². The van der Waals surface area contributed by atoms with Crippen LogP contribution in [0.15, 0.2) is 48.8 Å². The largest absolute Gasteiger partial charge is 0.353 e. The van der Waals surface area contributed by atoms with Crippen molar-refractivity contribution in [2.24, 2.45) is 0 Å². The number of likely N-dealkylation sites (N-methyl/N-ethyl adjacent to an activating group) is 1. The number of piperazine rings is 1. The molecule has 4 aromatic rings. The molecule has 0 spiro atoms. The van der Waals surface area contributed by atoms with E-state index in [9.17, 15) is 14.0 Å². The van der Waals surface area contributed by atoms with Gasteiger partial charge in [-0.2, -0.15) is 10.2 Å². The van der Waals surface area contributed by atoms with E-state index in [0.29, 0.717) is 17.6 Å². The summed E-state index contributed by atoms with van der Waals surface area (Å²) in [5.41, 5.74) is 3.41. The van der Waals surface area contributed by atoms with Crippen LogP contribution in [0.5, 0.6) is 0 Å². The van der Waals surface area contributed by atoms with Gasteiger partial charge in [-0.05, 0) is 57.3 Å². The molecule has 5 rings (SSSR count). The van der Waals surface area contributed by atoms with Crippen molar-refractivity contribution < 1.29 is 14.0 Å². The van der Waals surface area contributed by atoms with Gasteiger partial charge in [0, 0.05) is 30.4 Å². The summed E-state index contributed by atoms with van der Waals surface area (Å²) < 4.78 is 14.7. The number of carbonyl (C=O) groups is 2. The molecule has 9 nitrogen and oxygen atoms in total. The Labute approximate surface area is 189 Å². The fraction of sp³-hybridized carbons (Fsp3) is 0.261. The Morgan fingerprint density at radius 1 is 1.18 bits per heavy atom. The van der Waals surface area contributed by atoms with Gasteiger partial charge in [0.2, 0.25) is 5.91 Å². The quantitative estimate of drug-likeness (QED) is 0.466. The summed E-state index contributed by atoms with van der Waals surface area (Å²) in [7, 11) is 1.97. The highest BCUT2D eigenvalue weighted by Crippen LogP contribution is 2.27. The smallest absolute Gasteiger partial charge is 0.239 e. The molecular formula is C23H24FN7O2. The predicted octanol–water partition coefficient (Wildman–Crippen LogP) is 2.56. The van der Waals surface area contributed by atoms with Gasteiger partial charge in [0.25, 0.3) is 0 Å². The Balaban J connectivity index is 0.000000219. The molecule has 33 heavy (non-hydrogen) atoms. The molecule has 1 aromatic carbocycles. The number of benzene rings is 1. The van der Waals surface area contributed by atoms with Gasteiger partial charge in [-0.25, -0.2) is 13.9 Å². The Kier molecular flexibility index (Phi) is 6.01. The number of hydrogen-bond donors (Lipinski definition) is 2. The number of nitrogens with one attached hydrogen (secondary N) is 2. The van der Waals surface area contributed by atoms with Crippen LogP contribution >= 0.6 is 0 Å².